The maximum atomic E-state index is 12.8. The monoisotopic (exact) mass is 295 g/mol. The van der Waals surface area contributed by atoms with Gasteiger partial charge in [-0.05, 0) is 18.1 Å². The minimum absolute atomic E-state index is 0.00159. The topological polar surface area (TPSA) is 60.2 Å². The van der Waals surface area contributed by atoms with Crippen molar-refractivity contribution in [2.24, 2.45) is 5.92 Å². The van der Waals surface area contributed by atoms with E-state index in [9.17, 15) is 17.6 Å². The number of ether oxygens (including phenoxy) is 1. The first kappa shape index (κ1) is 16.3. The summed E-state index contributed by atoms with van der Waals surface area (Å²) in [6, 6.07) is 2.73. The Balaban J connectivity index is 2.70. The van der Waals surface area contributed by atoms with Gasteiger partial charge in [-0.15, -0.1) is 0 Å². The fourth-order valence-corrected chi connectivity index (χ4v) is 1.20. The van der Waals surface area contributed by atoms with E-state index >= 15 is 0 Å². The summed E-state index contributed by atoms with van der Waals surface area (Å²) in [5.74, 6) is -3.81. The minimum atomic E-state index is -4.12. The number of halogens is 4. The van der Waals surface area contributed by atoms with Crippen molar-refractivity contribution in [3.8, 4) is 5.88 Å². The van der Waals surface area contributed by atoms with Crippen molar-refractivity contribution in [2.75, 3.05) is 24.2 Å². The number of alkyl halides is 4. The number of nitrogens with one attached hydrogen (secondary N) is 1. The van der Waals surface area contributed by atoms with Crippen molar-refractivity contribution in [1.29, 1.82) is 0 Å². The SMILES string of the molecule is CC(C)COc1nc(NCC(F)(F)C(F)F)ccc1N. The van der Waals surface area contributed by atoms with Crippen LogP contribution in [0.15, 0.2) is 12.1 Å². The molecule has 114 valence electrons. The number of hydrogen-bond acceptors (Lipinski definition) is 4. The largest absolute Gasteiger partial charge is 0.476 e. The van der Waals surface area contributed by atoms with E-state index in [4.69, 9.17) is 10.5 Å². The predicted octanol–water partition coefficient (Wildman–Crippen LogP) is 3.01. The molecule has 20 heavy (non-hydrogen) atoms. The molecule has 0 saturated heterocycles. The molecule has 0 fully saturated rings. The highest BCUT2D eigenvalue weighted by molar-refractivity contribution is 5.53. The highest BCUT2D eigenvalue weighted by atomic mass is 19.3. The summed E-state index contributed by atoms with van der Waals surface area (Å²) < 4.78 is 54.9. The molecule has 0 bridgehead atoms. The summed E-state index contributed by atoms with van der Waals surface area (Å²) in [6.07, 6.45) is -3.74. The van der Waals surface area contributed by atoms with Crippen molar-refractivity contribution in [2.45, 2.75) is 26.2 Å². The van der Waals surface area contributed by atoms with Gasteiger partial charge in [0.15, 0.2) is 0 Å². The second-order valence-electron chi connectivity index (χ2n) is 4.71. The second-order valence-corrected chi connectivity index (χ2v) is 4.71. The number of nitrogens with two attached hydrogens (primary N) is 1. The molecule has 4 nitrogen and oxygen atoms in total. The zero-order valence-corrected chi connectivity index (χ0v) is 11.2. The summed E-state index contributed by atoms with van der Waals surface area (Å²) in [7, 11) is 0. The Morgan fingerprint density at radius 1 is 1.35 bits per heavy atom. The fourth-order valence-electron chi connectivity index (χ4n) is 1.20. The molecule has 3 N–H and O–H groups in total. The quantitative estimate of drug-likeness (QED) is 0.759. The van der Waals surface area contributed by atoms with Crippen molar-refractivity contribution >= 4 is 11.5 Å². The maximum absolute atomic E-state index is 12.8. The second kappa shape index (κ2) is 6.62. The lowest BCUT2D eigenvalue weighted by atomic mass is 10.2. The van der Waals surface area contributed by atoms with Gasteiger partial charge in [0.1, 0.15) is 5.82 Å². The van der Waals surface area contributed by atoms with Gasteiger partial charge in [0.05, 0.1) is 18.8 Å². The lowest BCUT2D eigenvalue weighted by Gasteiger charge is -2.17. The van der Waals surface area contributed by atoms with Crippen LogP contribution < -0.4 is 15.8 Å². The maximum Gasteiger partial charge on any atom is 0.324 e. The van der Waals surface area contributed by atoms with Crippen molar-refractivity contribution in [3.63, 3.8) is 0 Å². The predicted molar refractivity (Wildman–Crippen MR) is 68.4 cm³/mol. The Hall–Kier alpha value is -1.73. The fraction of sp³-hybridized carbons (Fsp3) is 0.583. The molecule has 0 saturated carbocycles. The Labute approximate surface area is 114 Å². The van der Waals surface area contributed by atoms with E-state index in [2.05, 4.69) is 10.3 Å². The van der Waals surface area contributed by atoms with E-state index in [1.807, 2.05) is 13.8 Å². The van der Waals surface area contributed by atoms with Crippen LogP contribution in [0.2, 0.25) is 0 Å². The van der Waals surface area contributed by atoms with Gasteiger partial charge in [-0.3, -0.25) is 0 Å². The summed E-state index contributed by atoms with van der Waals surface area (Å²) in [5.41, 5.74) is 5.87. The molecule has 0 spiro atoms. The lowest BCUT2D eigenvalue weighted by molar-refractivity contribution is -0.117. The van der Waals surface area contributed by atoms with Crippen molar-refractivity contribution < 1.29 is 22.3 Å². The zero-order valence-electron chi connectivity index (χ0n) is 11.2. The highest BCUT2D eigenvalue weighted by Gasteiger charge is 2.40. The van der Waals surface area contributed by atoms with Gasteiger partial charge in [-0.25, -0.2) is 8.78 Å². The first-order chi connectivity index (χ1) is 9.22. The van der Waals surface area contributed by atoms with Crippen molar-refractivity contribution in [3.05, 3.63) is 12.1 Å². The number of rotatable bonds is 7. The molecule has 1 rings (SSSR count). The molecular weight excluding hydrogens is 278 g/mol. The van der Waals surface area contributed by atoms with Crippen LogP contribution in [0.1, 0.15) is 13.8 Å². The van der Waals surface area contributed by atoms with Gasteiger partial charge in [0.25, 0.3) is 0 Å². The van der Waals surface area contributed by atoms with Gasteiger partial charge in [-0.2, -0.15) is 13.8 Å². The Morgan fingerprint density at radius 3 is 2.55 bits per heavy atom. The number of pyridine rings is 1. The lowest BCUT2D eigenvalue weighted by Crippen LogP contribution is -2.35. The molecule has 0 aliphatic carbocycles. The number of hydrogen-bond donors (Lipinski definition) is 2. The van der Waals surface area contributed by atoms with Crippen LogP contribution in [-0.2, 0) is 0 Å². The molecule has 0 aliphatic heterocycles. The molecule has 0 aromatic carbocycles. The third-order valence-corrected chi connectivity index (χ3v) is 2.27. The van der Waals surface area contributed by atoms with Crippen LogP contribution in [-0.4, -0.2) is 30.5 Å². The van der Waals surface area contributed by atoms with Crippen LogP contribution >= 0.6 is 0 Å². The van der Waals surface area contributed by atoms with E-state index in [-0.39, 0.29) is 23.3 Å². The van der Waals surface area contributed by atoms with Gasteiger partial charge < -0.3 is 15.8 Å². The molecule has 0 amide bonds. The normalized spacial score (nSPS) is 12.0. The number of nitrogen functional groups attached to an aromatic ring is 1. The Morgan fingerprint density at radius 2 is 2.00 bits per heavy atom. The van der Waals surface area contributed by atoms with Gasteiger partial charge in [0.2, 0.25) is 5.88 Å². The summed E-state index contributed by atoms with van der Waals surface area (Å²) in [4.78, 5) is 3.87. The van der Waals surface area contributed by atoms with E-state index in [0.29, 0.717) is 6.61 Å². The van der Waals surface area contributed by atoms with E-state index < -0.39 is 18.9 Å². The molecule has 0 radical (unpaired) electrons. The first-order valence-electron chi connectivity index (χ1n) is 6.01. The van der Waals surface area contributed by atoms with E-state index in [1.54, 1.807) is 0 Å². The Bertz CT molecular complexity index is 441. The molecule has 1 aromatic heterocycles. The van der Waals surface area contributed by atoms with E-state index in [0.717, 1.165) is 0 Å². The third-order valence-electron chi connectivity index (χ3n) is 2.27. The number of anilines is 2. The molecular formula is C12H17F4N3O. The average Bonchev–Trinajstić information content (AvgIpc) is 2.36. The molecule has 8 heteroatoms. The van der Waals surface area contributed by atoms with Crippen LogP contribution in [0.3, 0.4) is 0 Å². The standard InChI is InChI=1S/C12H17F4N3O/c1-7(2)5-20-10-8(17)3-4-9(19-10)18-6-12(15,16)11(13)14/h3-4,7,11H,5-6,17H2,1-2H3,(H,18,19). The highest BCUT2D eigenvalue weighted by Crippen LogP contribution is 2.25. The van der Waals surface area contributed by atoms with Crippen LogP contribution in [0.25, 0.3) is 0 Å². The Kier molecular flexibility index (Phi) is 5.41. The van der Waals surface area contributed by atoms with Crippen LogP contribution in [0.5, 0.6) is 5.88 Å². The summed E-state index contributed by atoms with van der Waals surface area (Å²) >= 11 is 0. The average molecular weight is 295 g/mol. The van der Waals surface area contributed by atoms with Gasteiger partial charge in [-0.1, -0.05) is 13.8 Å². The molecule has 1 heterocycles. The van der Waals surface area contributed by atoms with Gasteiger partial charge in [0, 0.05) is 0 Å². The molecule has 0 aliphatic rings. The number of aromatic nitrogens is 1. The van der Waals surface area contributed by atoms with E-state index in [1.165, 1.54) is 12.1 Å². The van der Waals surface area contributed by atoms with Crippen LogP contribution in [0, 0.1) is 5.92 Å². The molecule has 0 unspecified atom stereocenters. The van der Waals surface area contributed by atoms with Gasteiger partial charge >= 0.3 is 12.3 Å². The molecule has 0 atom stereocenters. The first-order valence-corrected chi connectivity index (χ1v) is 6.01. The summed E-state index contributed by atoms with van der Waals surface area (Å²) in [5, 5.41) is 2.14. The number of nitrogens with zero attached hydrogens (tertiary/aromatic N) is 1. The molecule has 1 aromatic rings. The minimum Gasteiger partial charge on any atom is -0.476 e. The summed E-state index contributed by atoms with van der Waals surface area (Å²) in [6.45, 7) is 2.97. The zero-order chi connectivity index (χ0) is 15.3. The van der Waals surface area contributed by atoms with Crippen LogP contribution in [0.4, 0.5) is 29.1 Å². The van der Waals surface area contributed by atoms with Crippen molar-refractivity contribution in [1.82, 2.24) is 4.98 Å². The smallest absolute Gasteiger partial charge is 0.324 e. The third kappa shape index (κ3) is 4.75.